The van der Waals surface area contributed by atoms with E-state index >= 15 is 0 Å². The molecule has 0 bridgehead atoms. The van der Waals surface area contributed by atoms with E-state index in [-0.39, 0.29) is 13.0 Å². The van der Waals surface area contributed by atoms with Crippen LogP contribution in [0.4, 0.5) is 0 Å². The van der Waals surface area contributed by atoms with E-state index in [9.17, 15) is 9.59 Å². The van der Waals surface area contributed by atoms with Crippen LogP contribution in [-0.2, 0) is 14.3 Å². The Bertz CT molecular complexity index is 484. The molecule has 1 aromatic rings. The maximum absolute atomic E-state index is 11.6. The van der Waals surface area contributed by atoms with Crippen LogP contribution in [0.15, 0.2) is 30.3 Å². The first kappa shape index (κ1) is 16.2. The molecule has 1 amide bonds. The van der Waals surface area contributed by atoms with Crippen molar-refractivity contribution in [1.29, 1.82) is 0 Å². The van der Waals surface area contributed by atoms with Gasteiger partial charge in [0.2, 0.25) is 5.91 Å². The summed E-state index contributed by atoms with van der Waals surface area (Å²) in [6.07, 6.45) is 3.08. The minimum absolute atomic E-state index is 0.215. The number of ether oxygens (including phenoxy) is 1. The van der Waals surface area contributed by atoms with Gasteiger partial charge in [-0.1, -0.05) is 23.7 Å². The predicted octanol–water partition coefficient (Wildman–Crippen LogP) is 1.96. The van der Waals surface area contributed by atoms with Gasteiger partial charge in [0.25, 0.3) is 0 Å². The van der Waals surface area contributed by atoms with Crippen molar-refractivity contribution in [1.82, 2.24) is 5.32 Å². The lowest BCUT2D eigenvalue weighted by atomic mass is 10.2. The molecule has 6 heteroatoms. The molecule has 0 heterocycles. The topological polar surface area (TPSA) is 75.6 Å². The Morgan fingerprint density at radius 2 is 2.05 bits per heavy atom. The number of aliphatic carboxylic acids is 1. The largest absolute Gasteiger partial charge is 0.480 e. The maximum atomic E-state index is 11.6. The fourth-order valence-corrected chi connectivity index (χ4v) is 1.58. The lowest BCUT2D eigenvalue weighted by Crippen LogP contribution is -2.40. The summed E-state index contributed by atoms with van der Waals surface area (Å²) >= 11 is 5.75. The Kier molecular flexibility index (Phi) is 6.76. The first-order chi connectivity index (χ1) is 9.52. The number of nitrogens with one attached hydrogen (secondary N) is 1. The van der Waals surface area contributed by atoms with Crippen molar-refractivity contribution in [2.24, 2.45) is 0 Å². The van der Waals surface area contributed by atoms with Gasteiger partial charge in [-0.3, -0.25) is 4.79 Å². The summed E-state index contributed by atoms with van der Waals surface area (Å²) in [5, 5.41) is 12.0. The number of benzene rings is 1. The first-order valence-electron chi connectivity index (χ1n) is 5.99. The van der Waals surface area contributed by atoms with E-state index in [4.69, 9.17) is 21.4 Å². The van der Waals surface area contributed by atoms with Crippen molar-refractivity contribution in [2.45, 2.75) is 12.5 Å². The number of methoxy groups -OCH3 is 1. The second-order valence-corrected chi connectivity index (χ2v) is 4.50. The van der Waals surface area contributed by atoms with Crippen LogP contribution in [0.25, 0.3) is 6.08 Å². The van der Waals surface area contributed by atoms with Crippen LogP contribution in [-0.4, -0.2) is 36.7 Å². The predicted molar refractivity (Wildman–Crippen MR) is 76.5 cm³/mol. The Hall–Kier alpha value is -1.85. The van der Waals surface area contributed by atoms with Gasteiger partial charge in [0.1, 0.15) is 6.04 Å². The molecule has 1 aromatic carbocycles. The van der Waals surface area contributed by atoms with Crippen molar-refractivity contribution >= 4 is 29.6 Å². The van der Waals surface area contributed by atoms with Gasteiger partial charge in [-0.05, 0) is 23.8 Å². The van der Waals surface area contributed by atoms with E-state index in [2.05, 4.69) is 5.32 Å². The Labute approximate surface area is 122 Å². The molecule has 0 saturated heterocycles. The zero-order chi connectivity index (χ0) is 15.0. The fourth-order valence-electron chi connectivity index (χ4n) is 1.46. The lowest BCUT2D eigenvalue weighted by molar-refractivity contribution is -0.141. The summed E-state index contributed by atoms with van der Waals surface area (Å²) in [4.78, 5) is 22.6. The molecule has 0 spiro atoms. The van der Waals surface area contributed by atoms with Crippen molar-refractivity contribution < 1.29 is 19.4 Å². The quantitative estimate of drug-likeness (QED) is 0.754. The number of hydrogen-bond donors (Lipinski definition) is 2. The van der Waals surface area contributed by atoms with Crippen LogP contribution in [0.3, 0.4) is 0 Å². The highest BCUT2D eigenvalue weighted by Gasteiger charge is 2.18. The zero-order valence-corrected chi connectivity index (χ0v) is 11.8. The highest BCUT2D eigenvalue weighted by atomic mass is 35.5. The van der Waals surface area contributed by atoms with Crippen LogP contribution < -0.4 is 5.32 Å². The number of carbonyl (C=O) groups excluding carboxylic acids is 1. The lowest BCUT2D eigenvalue weighted by Gasteiger charge is -2.12. The molecule has 0 saturated carbocycles. The number of carboxylic acids is 1. The molecule has 0 aliphatic carbocycles. The average molecular weight is 298 g/mol. The normalized spacial score (nSPS) is 12.3. The van der Waals surface area contributed by atoms with E-state index in [0.29, 0.717) is 5.02 Å². The molecular formula is C14H16ClNO4. The Balaban J connectivity index is 2.56. The van der Waals surface area contributed by atoms with Gasteiger partial charge in [0, 0.05) is 31.2 Å². The van der Waals surface area contributed by atoms with Crippen LogP contribution in [0.5, 0.6) is 0 Å². The van der Waals surface area contributed by atoms with Gasteiger partial charge in [-0.15, -0.1) is 0 Å². The van der Waals surface area contributed by atoms with Crippen molar-refractivity contribution in [3.63, 3.8) is 0 Å². The standard InChI is InChI=1S/C14H16ClNO4/c1-20-9-8-12(14(18)19)16-13(17)7-4-10-2-5-11(15)6-3-10/h2-7,12H,8-9H2,1H3,(H,16,17)(H,18,19). The van der Waals surface area contributed by atoms with Crippen LogP contribution in [0.1, 0.15) is 12.0 Å². The van der Waals surface area contributed by atoms with Crippen molar-refractivity contribution in [3.05, 3.63) is 40.9 Å². The fraction of sp³-hybridized carbons (Fsp3) is 0.286. The van der Waals surface area contributed by atoms with Crippen LogP contribution >= 0.6 is 11.6 Å². The van der Waals surface area contributed by atoms with Gasteiger partial charge in [0.05, 0.1) is 0 Å². The van der Waals surface area contributed by atoms with Crippen molar-refractivity contribution in [3.8, 4) is 0 Å². The minimum Gasteiger partial charge on any atom is -0.480 e. The Morgan fingerprint density at radius 3 is 2.60 bits per heavy atom. The van der Waals surface area contributed by atoms with Crippen LogP contribution in [0.2, 0.25) is 5.02 Å². The van der Waals surface area contributed by atoms with Crippen molar-refractivity contribution in [2.75, 3.05) is 13.7 Å². The molecule has 0 radical (unpaired) electrons. The van der Waals surface area contributed by atoms with E-state index < -0.39 is 17.9 Å². The summed E-state index contributed by atoms with van der Waals surface area (Å²) in [6, 6.07) is 5.96. The summed E-state index contributed by atoms with van der Waals surface area (Å²) in [5.74, 6) is -1.56. The number of rotatable bonds is 7. The SMILES string of the molecule is COCCC(NC(=O)C=Cc1ccc(Cl)cc1)C(=O)O. The molecule has 1 atom stereocenters. The third-order valence-electron chi connectivity index (χ3n) is 2.52. The van der Waals surface area contributed by atoms with Gasteiger partial charge < -0.3 is 15.2 Å². The molecule has 1 unspecified atom stereocenters. The monoisotopic (exact) mass is 297 g/mol. The number of carbonyl (C=O) groups is 2. The molecule has 5 nitrogen and oxygen atoms in total. The summed E-state index contributed by atoms with van der Waals surface area (Å²) in [5.41, 5.74) is 0.799. The molecular weight excluding hydrogens is 282 g/mol. The van der Waals surface area contributed by atoms with Gasteiger partial charge in [0.15, 0.2) is 0 Å². The zero-order valence-electron chi connectivity index (χ0n) is 11.0. The van der Waals surface area contributed by atoms with Gasteiger partial charge >= 0.3 is 5.97 Å². The van der Waals surface area contributed by atoms with Crippen LogP contribution in [0, 0.1) is 0 Å². The highest BCUT2D eigenvalue weighted by Crippen LogP contribution is 2.10. The maximum Gasteiger partial charge on any atom is 0.326 e. The Morgan fingerprint density at radius 1 is 1.40 bits per heavy atom. The second-order valence-electron chi connectivity index (χ2n) is 4.07. The van der Waals surface area contributed by atoms with Gasteiger partial charge in [-0.25, -0.2) is 4.79 Å². The number of carboxylic acid groups (broad SMARTS) is 1. The molecule has 1 rings (SSSR count). The third-order valence-corrected chi connectivity index (χ3v) is 2.77. The smallest absolute Gasteiger partial charge is 0.326 e. The molecule has 0 aliphatic heterocycles. The molecule has 108 valence electrons. The third kappa shape index (κ3) is 5.86. The van der Waals surface area contributed by atoms with E-state index in [1.165, 1.54) is 13.2 Å². The molecule has 0 aromatic heterocycles. The minimum atomic E-state index is -1.09. The second kappa shape index (κ2) is 8.35. The van der Waals surface area contributed by atoms with E-state index in [0.717, 1.165) is 5.56 Å². The molecule has 0 aliphatic rings. The van der Waals surface area contributed by atoms with E-state index in [1.54, 1.807) is 30.3 Å². The molecule has 20 heavy (non-hydrogen) atoms. The summed E-state index contributed by atoms with van der Waals surface area (Å²) in [7, 11) is 1.47. The summed E-state index contributed by atoms with van der Waals surface area (Å²) in [6.45, 7) is 0.262. The number of amides is 1. The summed E-state index contributed by atoms with van der Waals surface area (Å²) < 4.78 is 4.80. The molecule has 0 fully saturated rings. The molecule has 2 N–H and O–H groups in total. The highest BCUT2D eigenvalue weighted by molar-refractivity contribution is 6.30. The van der Waals surface area contributed by atoms with Gasteiger partial charge in [-0.2, -0.15) is 0 Å². The first-order valence-corrected chi connectivity index (χ1v) is 6.36. The average Bonchev–Trinajstić information content (AvgIpc) is 2.42. The number of hydrogen-bond acceptors (Lipinski definition) is 3. The van der Waals surface area contributed by atoms with E-state index in [1.807, 2.05) is 0 Å². The number of halogens is 1.